The van der Waals surface area contributed by atoms with Crippen LogP contribution in [-0.4, -0.2) is 23.1 Å². The van der Waals surface area contributed by atoms with Gasteiger partial charge in [-0.15, -0.1) is 0 Å². The van der Waals surface area contributed by atoms with Crippen LogP contribution in [0, 0.1) is 0 Å². The van der Waals surface area contributed by atoms with E-state index in [0.717, 1.165) is 0 Å². The molecule has 0 saturated carbocycles. The third-order valence-electron chi connectivity index (χ3n) is 0.192. The second-order valence-electron chi connectivity index (χ2n) is 0.469. The summed E-state index contributed by atoms with van der Waals surface area (Å²) in [5.74, 6) is 0. The van der Waals surface area contributed by atoms with Crippen LogP contribution in [0.5, 0.6) is 0 Å². The Kier molecular flexibility index (Phi) is 14.0. The summed E-state index contributed by atoms with van der Waals surface area (Å²) >= 11 is 0. The number of hydrogen-bond donors (Lipinski definition) is 0. The average molecular weight is 96.4 g/mol. The SMILES string of the molecule is C=COC=C.[H-].[H-].[Mg+2]. The summed E-state index contributed by atoms with van der Waals surface area (Å²) < 4.78 is 4.36. The largest absolute Gasteiger partial charge is 2.00 e. The zero-order valence-electron chi connectivity index (χ0n) is 5.68. The maximum absolute atomic E-state index is 4.36. The van der Waals surface area contributed by atoms with Crippen LogP contribution in [0.2, 0.25) is 0 Å². The first-order valence-electron chi connectivity index (χ1n) is 1.29. The normalized spacial score (nSPS) is 4.67. The quantitative estimate of drug-likeness (QED) is 0.370. The minimum atomic E-state index is 0. The predicted octanol–water partition coefficient (Wildman–Crippen LogP) is 1.13. The molecule has 0 spiro atoms. The fourth-order valence-electron chi connectivity index (χ4n) is 0.0680. The molecule has 0 aromatic rings. The van der Waals surface area contributed by atoms with E-state index in [1.54, 1.807) is 0 Å². The standard InChI is InChI=1S/C4H6O.Mg.2H/c1-3-5-4-2;;;/h3-4H,1-2H2;;;/q;+2;2*-1. The first-order chi connectivity index (χ1) is 2.41. The van der Waals surface area contributed by atoms with Gasteiger partial charge in [-0.2, -0.15) is 0 Å². The van der Waals surface area contributed by atoms with Gasteiger partial charge in [0.25, 0.3) is 0 Å². The van der Waals surface area contributed by atoms with Crippen LogP contribution < -0.4 is 0 Å². The maximum atomic E-state index is 4.36. The monoisotopic (exact) mass is 96.0 g/mol. The molecule has 0 unspecified atom stereocenters. The molecule has 0 aliphatic heterocycles. The summed E-state index contributed by atoms with van der Waals surface area (Å²) in [7, 11) is 0. The Hall–Kier alpha value is 0.0462. The van der Waals surface area contributed by atoms with Gasteiger partial charge in [-0.05, 0) is 0 Å². The molecule has 0 rings (SSSR count). The molecular weight excluding hydrogens is 88.3 g/mol. The Labute approximate surface area is 56.8 Å². The molecule has 0 bridgehead atoms. The van der Waals surface area contributed by atoms with Crippen molar-refractivity contribution >= 4 is 23.1 Å². The van der Waals surface area contributed by atoms with Crippen LogP contribution in [0.15, 0.2) is 25.7 Å². The van der Waals surface area contributed by atoms with Gasteiger partial charge in [0.2, 0.25) is 0 Å². The molecule has 0 saturated heterocycles. The van der Waals surface area contributed by atoms with Crippen molar-refractivity contribution in [3.63, 3.8) is 0 Å². The zero-order chi connectivity index (χ0) is 4.12. The molecule has 0 heterocycles. The van der Waals surface area contributed by atoms with Gasteiger partial charge in [0.05, 0.1) is 12.5 Å². The van der Waals surface area contributed by atoms with Crippen molar-refractivity contribution in [2.45, 2.75) is 0 Å². The van der Waals surface area contributed by atoms with Crippen LogP contribution in [0.3, 0.4) is 0 Å². The molecule has 32 valence electrons. The van der Waals surface area contributed by atoms with E-state index in [2.05, 4.69) is 17.9 Å². The predicted molar refractivity (Wildman–Crippen MR) is 29.5 cm³/mol. The fourth-order valence-corrected chi connectivity index (χ4v) is 0.0680. The second-order valence-corrected chi connectivity index (χ2v) is 0.469. The van der Waals surface area contributed by atoms with E-state index in [-0.39, 0.29) is 25.9 Å². The molecule has 0 aromatic heterocycles. The van der Waals surface area contributed by atoms with E-state index in [4.69, 9.17) is 0 Å². The molecule has 6 heavy (non-hydrogen) atoms. The van der Waals surface area contributed by atoms with Crippen molar-refractivity contribution < 1.29 is 7.59 Å². The van der Waals surface area contributed by atoms with Gasteiger partial charge < -0.3 is 7.59 Å². The first kappa shape index (κ1) is 9.40. The Balaban J connectivity index is -0.0000000267. The fraction of sp³-hybridized carbons (Fsp3) is 0. The van der Waals surface area contributed by atoms with E-state index in [9.17, 15) is 0 Å². The summed E-state index contributed by atoms with van der Waals surface area (Å²) in [5, 5.41) is 0. The van der Waals surface area contributed by atoms with E-state index in [0.29, 0.717) is 0 Å². The van der Waals surface area contributed by atoms with E-state index < -0.39 is 0 Å². The molecule has 2 heteroatoms. The molecule has 0 fully saturated rings. The summed E-state index contributed by atoms with van der Waals surface area (Å²) in [5.41, 5.74) is 0. The Bertz CT molecular complexity index is 43.3. The van der Waals surface area contributed by atoms with Crippen molar-refractivity contribution in [1.82, 2.24) is 0 Å². The molecule has 0 N–H and O–H groups in total. The molecule has 0 amide bonds. The zero-order valence-corrected chi connectivity index (χ0v) is 5.10. The number of hydrogen-bond acceptors (Lipinski definition) is 1. The van der Waals surface area contributed by atoms with Crippen molar-refractivity contribution in [1.29, 1.82) is 0 Å². The van der Waals surface area contributed by atoms with Crippen LogP contribution in [0.25, 0.3) is 0 Å². The average Bonchev–Trinajstić information content (AvgIpc) is 1.41. The molecule has 0 atom stereocenters. The molecular formula is C4H8MgO. The maximum Gasteiger partial charge on any atom is 2.00 e. The van der Waals surface area contributed by atoms with Crippen molar-refractivity contribution in [3.05, 3.63) is 25.7 Å². The summed E-state index contributed by atoms with van der Waals surface area (Å²) in [4.78, 5) is 0. The number of rotatable bonds is 2. The molecule has 0 aromatic carbocycles. The Morgan fingerprint density at radius 3 is 1.67 bits per heavy atom. The third kappa shape index (κ3) is 8.97. The smallest absolute Gasteiger partial charge is 1.00 e. The molecule has 0 radical (unpaired) electrons. The van der Waals surface area contributed by atoms with Crippen molar-refractivity contribution in [2.75, 3.05) is 0 Å². The van der Waals surface area contributed by atoms with Gasteiger partial charge in [-0.3, -0.25) is 0 Å². The van der Waals surface area contributed by atoms with Crippen LogP contribution in [0.4, 0.5) is 0 Å². The van der Waals surface area contributed by atoms with E-state index in [1.165, 1.54) is 12.5 Å². The summed E-state index contributed by atoms with van der Waals surface area (Å²) in [6.07, 6.45) is 2.62. The van der Waals surface area contributed by atoms with Crippen molar-refractivity contribution in [3.8, 4) is 0 Å². The van der Waals surface area contributed by atoms with Crippen molar-refractivity contribution in [2.24, 2.45) is 0 Å². The van der Waals surface area contributed by atoms with Crippen LogP contribution in [-0.2, 0) is 4.74 Å². The van der Waals surface area contributed by atoms with Crippen LogP contribution in [0.1, 0.15) is 2.85 Å². The van der Waals surface area contributed by atoms with Gasteiger partial charge in [-0.25, -0.2) is 0 Å². The van der Waals surface area contributed by atoms with Crippen LogP contribution >= 0.6 is 0 Å². The number of ether oxygens (including phenoxy) is 1. The molecule has 0 aliphatic carbocycles. The Morgan fingerprint density at radius 2 is 1.67 bits per heavy atom. The topological polar surface area (TPSA) is 9.23 Å². The molecule has 0 aliphatic rings. The van der Waals surface area contributed by atoms with Gasteiger partial charge in [-0.1, -0.05) is 13.2 Å². The van der Waals surface area contributed by atoms with Gasteiger partial charge in [0.1, 0.15) is 0 Å². The minimum Gasteiger partial charge on any atom is -1.00 e. The third-order valence-corrected chi connectivity index (χ3v) is 0.192. The van der Waals surface area contributed by atoms with E-state index in [1.807, 2.05) is 0 Å². The second kappa shape index (κ2) is 8.90. The minimum absolute atomic E-state index is 0. The first-order valence-corrected chi connectivity index (χ1v) is 1.29. The summed E-state index contributed by atoms with van der Waals surface area (Å²) in [6.45, 7) is 6.51. The van der Waals surface area contributed by atoms with Gasteiger partial charge in [0.15, 0.2) is 0 Å². The van der Waals surface area contributed by atoms with E-state index >= 15 is 0 Å². The Morgan fingerprint density at radius 1 is 1.33 bits per heavy atom. The van der Waals surface area contributed by atoms with Gasteiger partial charge in [0, 0.05) is 0 Å². The summed E-state index contributed by atoms with van der Waals surface area (Å²) in [6, 6.07) is 0. The van der Waals surface area contributed by atoms with Gasteiger partial charge >= 0.3 is 23.1 Å². The molecule has 1 nitrogen and oxygen atoms in total.